The molecule has 0 bridgehead atoms. The zero-order valence-corrected chi connectivity index (χ0v) is 8.21. The Hall–Kier alpha value is -0.570. The largest absolute Gasteiger partial charge is 0.342 e. The summed E-state index contributed by atoms with van der Waals surface area (Å²) in [6.45, 7) is 4.95. The first-order valence-corrected chi connectivity index (χ1v) is 4.56. The Labute approximate surface area is 74.3 Å². The van der Waals surface area contributed by atoms with E-state index in [4.69, 9.17) is 0 Å². The lowest BCUT2D eigenvalue weighted by molar-refractivity contribution is -0.137. The highest BCUT2D eigenvalue weighted by Gasteiger charge is 2.29. The van der Waals surface area contributed by atoms with E-state index in [9.17, 15) is 4.79 Å². The fourth-order valence-corrected chi connectivity index (χ4v) is 1.63. The molecule has 0 aromatic carbocycles. The smallest absolute Gasteiger partial charge is 0.222 e. The summed E-state index contributed by atoms with van der Waals surface area (Å²) in [5.74, 6) is 1.00. The summed E-state index contributed by atoms with van der Waals surface area (Å²) < 4.78 is 0. The summed E-state index contributed by atoms with van der Waals surface area (Å²) in [6, 6.07) is 0. The van der Waals surface area contributed by atoms with Gasteiger partial charge in [0.05, 0.1) is 0 Å². The molecule has 0 spiro atoms. The highest BCUT2D eigenvalue weighted by Crippen LogP contribution is 2.16. The summed E-state index contributed by atoms with van der Waals surface area (Å²) in [5.41, 5.74) is 0. The van der Waals surface area contributed by atoms with Crippen LogP contribution in [0, 0.1) is 5.92 Å². The molecule has 0 atom stereocenters. The third-order valence-electron chi connectivity index (χ3n) is 2.24. The van der Waals surface area contributed by atoms with E-state index in [1.165, 1.54) is 0 Å². The van der Waals surface area contributed by atoms with Gasteiger partial charge in [-0.1, -0.05) is 6.92 Å². The highest BCUT2D eigenvalue weighted by atomic mass is 16.2. The minimum atomic E-state index is 0.296. The molecule has 0 saturated carbocycles. The number of nitrogens with zero attached hydrogens (tertiary/aromatic N) is 2. The Bertz CT molecular complexity index is 162. The lowest BCUT2D eigenvalue weighted by atomic mass is 9.99. The highest BCUT2D eigenvalue weighted by molar-refractivity contribution is 5.76. The summed E-state index contributed by atoms with van der Waals surface area (Å²) in [6.07, 6.45) is 0.648. The molecule has 0 aromatic rings. The fourth-order valence-electron chi connectivity index (χ4n) is 1.63. The number of carbonyl (C=O) groups excluding carboxylic acids is 1. The Morgan fingerprint density at radius 1 is 1.50 bits per heavy atom. The molecule has 1 rings (SSSR count). The molecule has 1 aliphatic heterocycles. The van der Waals surface area contributed by atoms with Crippen molar-refractivity contribution < 1.29 is 4.79 Å². The predicted molar refractivity (Wildman–Crippen MR) is 48.9 cm³/mol. The van der Waals surface area contributed by atoms with Crippen molar-refractivity contribution >= 4 is 5.91 Å². The van der Waals surface area contributed by atoms with Gasteiger partial charge in [0.1, 0.15) is 0 Å². The fraction of sp³-hybridized carbons (Fsp3) is 0.889. The first-order chi connectivity index (χ1) is 5.63. The molecule has 70 valence electrons. The van der Waals surface area contributed by atoms with Gasteiger partial charge in [0, 0.05) is 32.0 Å². The van der Waals surface area contributed by atoms with Gasteiger partial charge in [0.15, 0.2) is 0 Å². The molecule has 1 saturated heterocycles. The van der Waals surface area contributed by atoms with Crippen LogP contribution in [0.1, 0.15) is 13.3 Å². The Kier molecular flexibility index (Phi) is 3.09. The van der Waals surface area contributed by atoms with Crippen molar-refractivity contribution in [1.29, 1.82) is 0 Å². The van der Waals surface area contributed by atoms with E-state index in [0.29, 0.717) is 18.2 Å². The Morgan fingerprint density at radius 2 is 2.08 bits per heavy atom. The van der Waals surface area contributed by atoms with E-state index < -0.39 is 0 Å². The van der Waals surface area contributed by atoms with Crippen LogP contribution in [0.2, 0.25) is 0 Å². The van der Waals surface area contributed by atoms with Gasteiger partial charge in [-0.3, -0.25) is 4.79 Å². The first kappa shape index (κ1) is 9.52. The Morgan fingerprint density at radius 3 is 2.50 bits per heavy atom. The molecule has 3 heteroatoms. The average Bonchev–Trinajstić information content (AvgIpc) is 1.94. The van der Waals surface area contributed by atoms with Crippen LogP contribution < -0.4 is 0 Å². The van der Waals surface area contributed by atoms with Crippen molar-refractivity contribution in [2.75, 3.05) is 33.7 Å². The zero-order chi connectivity index (χ0) is 9.14. The SMILES string of the molecule is CCC(=O)N1CC(CN(C)C)C1. The number of likely N-dealkylation sites (tertiary alicyclic amines) is 1. The zero-order valence-electron chi connectivity index (χ0n) is 8.21. The first-order valence-electron chi connectivity index (χ1n) is 4.56. The third-order valence-corrected chi connectivity index (χ3v) is 2.24. The van der Waals surface area contributed by atoms with Crippen LogP contribution in [-0.2, 0) is 4.79 Å². The van der Waals surface area contributed by atoms with Gasteiger partial charge in [0.25, 0.3) is 0 Å². The molecule has 0 N–H and O–H groups in total. The van der Waals surface area contributed by atoms with Gasteiger partial charge in [-0.05, 0) is 14.1 Å². The lowest BCUT2D eigenvalue weighted by Crippen LogP contribution is -2.52. The van der Waals surface area contributed by atoms with Crippen molar-refractivity contribution in [1.82, 2.24) is 9.80 Å². The number of hydrogen-bond acceptors (Lipinski definition) is 2. The quantitative estimate of drug-likeness (QED) is 0.612. The summed E-state index contributed by atoms with van der Waals surface area (Å²) in [5, 5.41) is 0. The maximum absolute atomic E-state index is 11.1. The van der Waals surface area contributed by atoms with Gasteiger partial charge < -0.3 is 9.80 Å². The van der Waals surface area contributed by atoms with Crippen LogP contribution in [0.5, 0.6) is 0 Å². The van der Waals surface area contributed by atoms with Gasteiger partial charge >= 0.3 is 0 Å². The predicted octanol–water partition coefficient (Wildman–Crippen LogP) is 0.416. The van der Waals surface area contributed by atoms with Gasteiger partial charge in [-0.15, -0.1) is 0 Å². The normalized spacial score (nSPS) is 18.2. The van der Waals surface area contributed by atoms with Crippen LogP contribution in [0.25, 0.3) is 0 Å². The summed E-state index contributed by atoms with van der Waals surface area (Å²) in [4.78, 5) is 15.3. The molecule has 12 heavy (non-hydrogen) atoms. The lowest BCUT2D eigenvalue weighted by Gasteiger charge is -2.40. The molecule has 0 radical (unpaired) electrons. The second kappa shape index (κ2) is 3.90. The molecular formula is C9H18N2O. The number of hydrogen-bond donors (Lipinski definition) is 0. The Balaban J connectivity index is 2.15. The second-order valence-corrected chi connectivity index (χ2v) is 3.78. The maximum atomic E-state index is 11.1. The van der Waals surface area contributed by atoms with Gasteiger partial charge in [0.2, 0.25) is 5.91 Å². The van der Waals surface area contributed by atoms with Crippen LogP contribution in [0.4, 0.5) is 0 Å². The second-order valence-electron chi connectivity index (χ2n) is 3.78. The van der Waals surface area contributed by atoms with Crippen molar-refractivity contribution in [3.8, 4) is 0 Å². The molecule has 0 aromatic heterocycles. The van der Waals surface area contributed by atoms with E-state index >= 15 is 0 Å². The molecule has 0 aliphatic carbocycles. The van der Waals surface area contributed by atoms with E-state index in [1.54, 1.807) is 0 Å². The minimum absolute atomic E-state index is 0.296. The number of carbonyl (C=O) groups is 1. The molecular weight excluding hydrogens is 152 g/mol. The molecule has 3 nitrogen and oxygen atoms in total. The van der Waals surface area contributed by atoms with E-state index in [2.05, 4.69) is 19.0 Å². The number of amides is 1. The average molecular weight is 170 g/mol. The van der Waals surface area contributed by atoms with E-state index in [-0.39, 0.29) is 0 Å². The third kappa shape index (κ3) is 2.21. The minimum Gasteiger partial charge on any atom is -0.342 e. The van der Waals surface area contributed by atoms with Crippen molar-refractivity contribution in [3.05, 3.63) is 0 Å². The molecule has 1 aliphatic rings. The summed E-state index contributed by atoms with van der Waals surface area (Å²) >= 11 is 0. The van der Waals surface area contributed by atoms with Crippen LogP contribution in [0.3, 0.4) is 0 Å². The van der Waals surface area contributed by atoms with E-state index in [0.717, 1.165) is 19.6 Å². The molecule has 1 fully saturated rings. The standard InChI is InChI=1S/C9H18N2O/c1-4-9(12)11-6-8(7-11)5-10(2)3/h8H,4-7H2,1-3H3. The summed E-state index contributed by atoms with van der Waals surface area (Å²) in [7, 11) is 4.15. The van der Waals surface area contributed by atoms with Crippen molar-refractivity contribution in [2.45, 2.75) is 13.3 Å². The van der Waals surface area contributed by atoms with Crippen LogP contribution >= 0.6 is 0 Å². The number of rotatable bonds is 3. The van der Waals surface area contributed by atoms with Crippen molar-refractivity contribution in [2.24, 2.45) is 5.92 Å². The van der Waals surface area contributed by atoms with E-state index in [1.807, 2.05) is 11.8 Å². The molecule has 1 amide bonds. The van der Waals surface area contributed by atoms with Crippen molar-refractivity contribution in [3.63, 3.8) is 0 Å². The topological polar surface area (TPSA) is 23.6 Å². The monoisotopic (exact) mass is 170 g/mol. The van der Waals surface area contributed by atoms with Crippen LogP contribution in [-0.4, -0.2) is 49.4 Å². The molecule has 1 heterocycles. The molecule has 0 unspecified atom stereocenters. The van der Waals surface area contributed by atoms with Crippen LogP contribution in [0.15, 0.2) is 0 Å². The maximum Gasteiger partial charge on any atom is 0.222 e. The van der Waals surface area contributed by atoms with Gasteiger partial charge in [-0.25, -0.2) is 0 Å². The van der Waals surface area contributed by atoms with Gasteiger partial charge in [-0.2, -0.15) is 0 Å².